The normalized spacial score (nSPS) is 21.0. The maximum atomic E-state index is 6.20. The molecule has 3 nitrogen and oxygen atoms in total. The fourth-order valence-electron chi connectivity index (χ4n) is 3.11. The predicted octanol–water partition coefficient (Wildman–Crippen LogP) is 5.07. The maximum absolute atomic E-state index is 6.20. The van der Waals surface area contributed by atoms with E-state index in [0.29, 0.717) is 12.0 Å². The lowest BCUT2D eigenvalue weighted by atomic mass is 9.80. The summed E-state index contributed by atoms with van der Waals surface area (Å²) in [6.45, 7) is 18.4. The highest BCUT2D eigenvalue weighted by atomic mass is 16.6. The van der Waals surface area contributed by atoms with Crippen LogP contribution in [0.5, 0.6) is 0 Å². The molecule has 0 amide bonds. The van der Waals surface area contributed by atoms with Gasteiger partial charge in [-0.1, -0.05) is 27.7 Å². The zero-order valence-corrected chi connectivity index (χ0v) is 16.6. The lowest BCUT2D eigenvalue weighted by Gasteiger charge is -2.33. The molecule has 3 atom stereocenters. The van der Waals surface area contributed by atoms with Crippen molar-refractivity contribution in [3.05, 3.63) is 0 Å². The Kier molecular flexibility index (Phi) is 9.10. The number of ether oxygens (including phenoxy) is 3. The van der Waals surface area contributed by atoms with Gasteiger partial charge in [0.1, 0.15) is 0 Å². The van der Waals surface area contributed by atoms with Crippen molar-refractivity contribution >= 4 is 0 Å². The molecule has 138 valence electrons. The molecular weight excluding hydrogens is 288 g/mol. The van der Waals surface area contributed by atoms with Gasteiger partial charge in [-0.3, -0.25) is 0 Å². The molecule has 1 rings (SSSR count). The first-order chi connectivity index (χ1) is 10.7. The minimum absolute atomic E-state index is 0.0502. The molecule has 3 heteroatoms. The number of epoxide rings is 1. The fourth-order valence-corrected chi connectivity index (χ4v) is 3.11. The summed E-state index contributed by atoms with van der Waals surface area (Å²) in [5, 5.41) is 0. The third kappa shape index (κ3) is 10.4. The van der Waals surface area contributed by atoms with Crippen LogP contribution in [0, 0.1) is 17.8 Å². The summed E-state index contributed by atoms with van der Waals surface area (Å²) >= 11 is 0. The van der Waals surface area contributed by atoms with Gasteiger partial charge in [0, 0.05) is 13.2 Å². The van der Waals surface area contributed by atoms with E-state index in [1.807, 2.05) is 0 Å². The first kappa shape index (κ1) is 20.9. The van der Waals surface area contributed by atoms with Gasteiger partial charge in [-0.15, -0.1) is 0 Å². The molecule has 0 N–H and O–H groups in total. The molecule has 0 aliphatic carbocycles. The van der Waals surface area contributed by atoms with E-state index < -0.39 is 0 Å². The van der Waals surface area contributed by atoms with Crippen molar-refractivity contribution < 1.29 is 14.2 Å². The van der Waals surface area contributed by atoms with Crippen LogP contribution < -0.4 is 0 Å². The van der Waals surface area contributed by atoms with E-state index in [0.717, 1.165) is 50.9 Å². The molecule has 0 saturated carbocycles. The average Bonchev–Trinajstić information content (AvgIpc) is 3.20. The van der Waals surface area contributed by atoms with Crippen LogP contribution in [-0.4, -0.2) is 37.6 Å². The molecule has 23 heavy (non-hydrogen) atoms. The van der Waals surface area contributed by atoms with Crippen molar-refractivity contribution in [2.45, 2.75) is 92.0 Å². The highest BCUT2D eigenvalue weighted by Gasteiger charge is 2.27. The van der Waals surface area contributed by atoms with Gasteiger partial charge in [0.25, 0.3) is 0 Å². The predicted molar refractivity (Wildman–Crippen MR) is 96.8 cm³/mol. The number of hydrogen-bond donors (Lipinski definition) is 0. The van der Waals surface area contributed by atoms with Gasteiger partial charge in [0.15, 0.2) is 0 Å². The van der Waals surface area contributed by atoms with Crippen LogP contribution in [0.2, 0.25) is 0 Å². The molecule has 1 heterocycles. The lowest BCUT2D eigenvalue weighted by Crippen LogP contribution is -2.31. The van der Waals surface area contributed by atoms with Gasteiger partial charge in [-0.25, -0.2) is 0 Å². The van der Waals surface area contributed by atoms with Crippen LogP contribution >= 0.6 is 0 Å². The minimum atomic E-state index is -0.0502. The third-order valence-electron chi connectivity index (χ3n) is 4.73. The molecule has 3 unspecified atom stereocenters. The average molecular weight is 329 g/mol. The monoisotopic (exact) mass is 328 g/mol. The van der Waals surface area contributed by atoms with Gasteiger partial charge in [0.05, 0.1) is 24.4 Å². The van der Waals surface area contributed by atoms with E-state index >= 15 is 0 Å². The Labute approximate surface area is 144 Å². The minimum Gasteiger partial charge on any atom is -0.378 e. The summed E-state index contributed by atoms with van der Waals surface area (Å²) in [6, 6.07) is 0. The maximum Gasteiger partial charge on any atom is 0.0831 e. The quantitative estimate of drug-likeness (QED) is 0.442. The summed E-state index contributed by atoms with van der Waals surface area (Å²) < 4.78 is 17.2. The summed E-state index contributed by atoms with van der Waals surface area (Å²) in [5.74, 6) is 2.20. The second-order valence-electron chi connectivity index (χ2n) is 8.66. The number of hydrogen-bond acceptors (Lipinski definition) is 3. The molecule has 0 aromatic carbocycles. The van der Waals surface area contributed by atoms with E-state index in [-0.39, 0.29) is 11.7 Å². The molecule has 1 saturated heterocycles. The van der Waals surface area contributed by atoms with Crippen molar-refractivity contribution in [1.29, 1.82) is 0 Å². The van der Waals surface area contributed by atoms with Crippen LogP contribution in [0.15, 0.2) is 0 Å². The van der Waals surface area contributed by atoms with Crippen molar-refractivity contribution in [1.82, 2.24) is 0 Å². The van der Waals surface area contributed by atoms with Gasteiger partial charge in [0.2, 0.25) is 0 Å². The highest BCUT2D eigenvalue weighted by Crippen LogP contribution is 2.30. The second-order valence-corrected chi connectivity index (χ2v) is 8.66. The zero-order chi connectivity index (χ0) is 17.5. The Morgan fingerprint density at radius 3 is 2.26 bits per heavy atom. The Balaban J connectivity index is 2.21. The Bertz CT molecular complexity index is 308. The van der Waals surface area contributed by atoms with E-state index in [1.54, 1.807) is 0 Å². The molecule has 0 spiro atoms. The van der Waals surface area contributed by atoms with E-state index in [4.69, 9.17) is 14.2 Å². The first-order valence-corrected chi connectivity index (χ1v) is 9.56. The largest absolute Gasteiger partial charge is 0.378 e. The zero-order valence-electron chi connectivity index (χ0n) is 16.6. The smallest absolute Gasteiger partial charge is 0.0831 e. The van der Waals surface area contributed by atoms with Gasteiger partial charge < -0.3 is 14.2 Å². The van der Waals surface area contributed by atoms with Gasteiger partial charge in [-0.05, 0) is 64.2 Å². The molecule has 1 aliphatic rings. The summed E-state index contributed by atoms with van der Waals surface area (Å²) in [5.41, 5.74) is -0.0502. The third-order valence-corrected chi connectivity index (χ3v) is 4.73. The van der Waals surface area contributed by atoms with Gasteiger partial charge >= 0.3 is 0 Å². The lowest BCUT2D eigenvalue weighted by molar-refractivity contribution is -0.0566. The van der Waals surface area contributed by atoms with Gasteiger partial charge in [-0.2, -0.15) is 0 Å². The van der Waals surface area contributed by atoms with Crippen molar-refractivity contribution in [3.8, 4) is 0 Å². The van der Waals surface area contributed by atoms with Crippen molar-refractivity contribution in [2.24, 2.45) is 17.8 Å². The Morgan fingerprint density at radius 2 is 1.74 bits per heavy atom. The summed E-state index contributed by atoms with van der Waals surface area (Å²) in [7, 11) is 0. The van der Waals surface area contributed by atoms with Crippen LogP contribution in [0.4, 0.5) is 0 Å². The second kappa shape index (κ2) is 10.0. The fraction of sp³-hybridized carbons (Fsp3) is 1.00. The summed E-state index contributed by atoms with van der Waals surface area (Å²) in [4.78, 5) is 0. The molecule has 1 fully saturated rings. The molecule has 0 aromatic rings. The van der Waals surface area contributed by atoms with E-state index in [9.17, 15) is 0 Å². The topological polar surface area (TPSA) is 31.0 Å². The van der Waals surface area contributed by atoms with Crippen molar-refractivity contribution in [2.75, 3.05) is 19.8 Å². The Morgan fingerprint density at radius 1 is 1.09 bits per heavy atom. The summed E-state index contributed by atoms with van der Waals surface area (Å²) in [6.07, 6.45) is 5.14. The molecule has 0 bridgehead atoms. The SMILES string of the molecule is CC(C)CC(CC(C)(C)OCCC(C)OCCC1CO1)C(C)C. The standard InChI is InChI=1S/C20H40O3/c1-15(2)12-18(16(3)4)13-20(6,7)23-11-8-17(5)21-10-9-19-14-22-19/h15-19H,8-14H2,1-7H3. The van der Waals surface area contributed by atoms with Crippen LogP contribution in [0.25, 0.3) is 0 Å². The molecule has 1 aliphatic heterocycles. The van der Waals surface area contributed by atoms with E-state index in [1.165, 1.54) is 6.42 Å². The first-order valence-electron chi connectivity index (χ1n) is 9.56. The number of rotatable bonds is 13. The Hall–Kier alpha value is -0.120. The van der Waals surface area contributed by atoms with Crippen LogP contribution in [-0.2, 0) is 14.2 Å². The van der Waals surface area contributed by atoms with Crippen molar-refractivity contribution in [3.63, 3.8) is 0 Å². The highest BCUT2D eigenvalue weighted by molar-refractivity contribution is 4.77. The van der Waals surface area contributed by atoms with E-state index in [2.05, 4.69) is 48.5 Å². The van der Waals surface area contributed by atoms with Crippen LogP contribution in [0.3, 0.4) is 0 Å². The molecule has 0 aromatic heterocycles. The van der Waals surface area contributed by atoms with Crippen LogP contribution in [0.1, 0.15) is 74.1 Å². The molecule has 0 radical (unpaired) electrons. The molecular formula is C20H40O3.